The fourth-order valence-corrected chi connectivity index (χ4v) is 2.44. The molecule has 0 unspecified atom stereocenters. The van der Waals surface area contributed by atoms with Crippen LogP contribution in [0.25, 0.3) is 0 Å². The smallest absolute Gasteiger partial charge is 0.342 e. The monoisotopic (exact) mass is 358 g/mol. The Bertz CT molecular complexity index is 766. The lowest BCUT2D eigenvalue weighted by Crippen LogP contribution is -2.24. The summed E-state index contributed by atoms with van der Waals surface area (Å²) in [5.41, 5.74) is 0.629. The van der Waals surface area contributed by atoms with Crippen LogP contribution in [0.2, 0.25) is 0 Å². The number of ether oxygens (including phenoxy) is 4. The number of benzene rings is 2. The zero-order chi connectivity index (χ0) is 19.1. The summed E-state index contributed by atoms with van der Waals surface area (Å²) in [5.74, 6) is 0.388. The fraction of sp³-hybridized carbons (Fsp3) is 0.300. The molecule has 0 aliphatic carbocycles. The van der Waals surface area contributed by atoms with E-state index in [9.17, 15) is 9.59 Å². The van der Waals surface area contributed by atoms with Gasteiger partial charge < -0.3 is 18.9 Å². The molecule has 0 N–H and O–H groups in total. The van der Waals surface area contributed by atoms with Crippen molar-refractivity contribution in [3.05, 3.63) is 53.6 Å². The van der Waals surface area contributed by atoms with Crippen LogP contribution in [0.1, 0.15) is 34.6 Å². The molecule has 6 nitrogen and oxygen atoms in total. The first-order valence-corrected chi connectivity index (χ1v) is 8.20. The molecule has 2 aromatic carbocycles. The van der Waals surface area contributed by atoms with Gasteiger partial charge in [-0.15, -0.1) is 0 Å². The van der Waals surface area contributed by atoms with Crippen molar-refractivity contribution in [3.8, 4) is 17.2 Å². The number of esters is 1. The van der Waals surface area contributed by atoms with Crippen molar-refractivity contribution in [1.29, 1.82) is 0 Å². The number of Topliss-reactive ketones (excluding diaryl/α,β-unsaturated/α-hetero) is 1. The molecule has 2 rings (SSSR count). The Kier molecular flexibility index (Phi) is 6.60. The van der Waals surface area contributed by atoms with Crippen LogP contribution in [0.3, 0.4) is 0 Å². The van der Waals surface area contributed by atoms with Crippen LogP contribution < -0.4 is 14.2 Å². The third kappa shape index (κ3) is 4.33. The van der Waals surface area contributed by atoms with Gasteiger partial charge in [-0.3, -0.25) is 4.79 Å². The lowest BCUT2D eigenvalue weighted by molar-refractivity contribution is 0.0315. The highest BCUT2D eigenvalue weighted by Crippen LogP contribution is 2.31. The molecule has 26 heavy (non-hydrogen) atoms. The second kappa shape index (κ2) is 8.89. The van der Waals surface area contributed by atoms with Crippen molar-refractivity contribution in [2.75, 3.05) is 20.8 Å². The van der Waals surface area contributed by atoms with E-state index >= 15 is 0 Å². The summed E-state index contributed by atoms with van der Waals surface area (Å²) < 4.78 is 21.1. The van der Waals surface area contributed by atoms with Gasteiger partial charge in [-0.1, -0.05) is 6.07 Å². The number of carbonyl (C=O) groups is 2. The van der Waals surface area contributed by atoms with Crippen LogP contribution in [0.4, 0.5) is 0 Å². The SMILES string of the molecule is CCOc1ccc(C(=O)[C@H](C)OC(=O)c2cccc(OC)c2OC)cc1. The molecule has 6 heteroatoms. The minimum Gasteiger partial charge on any atom is -0.494 e. The number of para-hydroxylation sites is 1. The highest BCUT2D eigenvalue weighted by molar-refractivity contribution is 6.02. The Hall–Kier alpha value is -3.02. The molecule has 0 aromatic heterocycles. The van der Waals surface area contributed by atoms with E-state index in [1.165, 1.54) is 21.1 Å². The summed E-state index contributed by atoms with van der Waals surface area (Å²) in [6, 6.07) is 11.6. The number of hydrogen-bond donors (Lipinski definition) is 0. The van der Waals surface area contributed by atoms with Gasteiger partial charge >= 0.3 is 5.97 Å². The maximum Gasteiger partial charge on any atom is 0.342 e. The average molecular weight is 358 g/mol. The maximum absolute atomic E-state index is 12.5. The molecule has 0 saturated heterocycles. The Balaban J connectivity index is 2.12. The molecule has 0 radical (unpaired) electrons. The molecule has 0 spiro atoms. The first kappa shape index (κ1) is 19.3. The molecule has 0 saturated carbocycles. The first-order chi connectivity index (χ1) is 12.5. The topological polar surface area (TPSA) is 71.1 Å². The predicted octanol–water partition coefficient (Wildman–Crippen LogP) is 3.53. The van der Waals surface area contributed by atoms with Crippen LogP contribution >= 0.6 is 0 Å². The minimum absolute atomic E-state index is 0.193. The van der Waals surface area contributed by atoms with Gasteiger partial charge in [0.2, 0.25) is 5.78 Å². The molecule has 0 aliphatic heterocycles. The van der Waals surface area contributed by atoms with Crippen molar-refractivity contribution < 1.29 is 28.5 Å². The molecular weight excluding hydrogens is 336 g/mol. The van der Waals surface area contributed by atoms with Crippen molar-refractivity contribution in [3.63, 3.8) is 0 Å². The molecule has 0 heterocycles. The van der Waals surface area contributed by atoms with E-state index in [0.717, 1.165) is 0 Å². The number of hydrogen-bond acceptors (Lipinski definition) is 6. The van der Waals surface area contributed by atoms with E-state index in [2.05, 4.69) is 0 Å². The van der Waals surface area contributed by atoms with Gasteiger partial charge in [-0.2, -0.15) is 0 Å². The zero-order valence-electron chi connectivity index (χ0n) is 15.3. The third-order valence-electron chi connectivity index (χ3n) is 3.73. The lowest BCUT2D eigenvalue weighted by Gasteiger charge is -2.15. The summed E-state index contributed by atoms with van der Waals surface area (Å²) in [5, 5.41) is 0. The van der Waals surface area contributed by atoms with Crippen LogP contribution in [-0.2, 0) is 4.74 Å². The number of ketones is 1. The van der Waals surface area contributed by atoms with Crippen molar-refractivity contribution in [1.82, 2.24) is 0 Å². The third-order valence-corrected chi connectivity index (χ3v) is 3.73. The normalized spacial score (nSPS) is 11.4. The van der Waals surface area contributed by atoms with E-state index in [0.29, 0.717) is 23.7 Å². The summed E-state index contributed by atoms with van der Waals surface area (Å²) in [4.78, 5) is 24.9. The van der Waals surface area contributed by atoms with Gasteiger partial charge in [0, 0.05) is 5.56 Å². The Morgan fingerprint density at radius 3 is 2.27 bits per heavy atom. The Labute approximate surface area is 152 Å². The molecule has 0 amide bonds. The van der Waals surface area contributed by atoms with Gasteiger partial charge in [0.05, 0.1) is 20.8 Å². The van der Waals surface area contributed by atoms with Gasteiger partial charge in [-0.25, -0.2) is 4.79 Å². The lowest BCUT2D eigenvalue weighted by atomic mass is 10.1. The quantitative estimate of drug-likeness (QED) is 0.531. The van der Waals surface area contributed by atoms with Crippen molar-refractivity contribution in [2.24, 2.45) is 0 Å². The Morgan fingerprint density at radius 2 is 1.69 bits per heavy atom. The highest BCUT2D eigenvalue weighted by Gasteiger charge is 2.24. The molecular formula is C20H22O6. The highest BCUT2D eigenvalue weighted by atomic mass is 16.6. The fourth-order valence-electron chi connectivity index (χ4n) is 2.44. The van der Waals surface area contributed by atoms with E-state index in [1.807, 2.05) is 6.92 Å². The van der Waals surface area contributed by atoms with Crippen molar-refractivity contribution in [2.45, 2.75) is 20.0 Å². The van der Waals surface area contributed by atoms with Crippen LogP contribution in [0.15, 0.2) is 42.5 Å². The molecule has 2 aromatic rings. The largest absolute Gasteiger partial charge is 0.494 e. The second-order valence-corrected chi connectivity index (χ2v) is 5.41. The van der Waals surface area contributed by atoms with E-state index in [1.54, 1.807) is 42.5 Å². The van der Waals surface area contributed by atoms with Gasteiger partial charge in [-0.05, 0) is 50.2 Å². The molecule has 0 fully saturated rings. The standard InChI is InChI=1S/C20H22O6/c1-5-25-15-11-9-14(10-12-15)18(21)13(2)26-20(22)16-7-6-8-17(23-3)19(16)24-4/h6-13H,5H2,1-4H3/t13-/m0/s1. The minimum atomic E-state index is -0.948. The van der Waals surface area contributed by atoms with Gasteiger partial charge in [0.15, 0.2) is 17.6 Å². The summed E-state index contributed by atoms with van der Waals surface area (Å²) >= 11 is 0. The molecule has 1 atom stereocenters. The zero-order valence-corrected chi connectivity index (χ0v) is 15.3. The van der Waals surface area contributed by atoms with E-state index in [4.69, 9.17) is 18.9 Å². The Morgan fingerprint density at radius 1 is 1.00 bits per heavy atom. The summed E-state index contributed by atoms with van der Waals surface area (Å²) in [6.07, 6.45) is -0.948. The molecule has 0 bridgehead atoms. The number of rotatable bonds is 8. The maximum atomic E-state index is 12.5. The van der Waals surface area contributed by atoms with Gasteiger partial charge in [0.25, 0.3) is 0 Å². The van der Waals surface area contributed by atoms with Crippen LogP contribution in [-0.4, -0.2) is 38.7 Å². The second-order valence-electron chi connectivity index (χ2n) is 5.41. The summed E-state index contributed by atoms with van der Waals surface area (Å²) in [7, 11) is 2.91. The summed E-state index contributed by atoms with van der Waals surface area (Å²) in [6.45, 7) is 3.96. The van der Waals surface area contributed by atoms with Gasteiger partial charge in [0.1, 0.15) is 11.3 Å². The number of carbonyl (C=O) groups excluding carboxylic acids is 2. The van der Waals surface area contributed by atoms with E-state index < -0.39 is 12.1 Å². The van der Waals surface area contributed by atoms with E-state index in [-0.39, 0.29) is 17.1 Å². The average Bonchev–Trinajstić information content (AvgIpc) is 2.67. The van der Waals surface area contributed by atoms with Crippen molar-refractivity contribution >= 4 is 11.8 Å². The molecule has 138 valence electrons. The molecule has 0 aliphatic rings. The first-order valence-electron chi connectivity index (χ1n) is 8.20. The van der Waals surface area contributed by atoms with Crippen LogP contribution in [0, 0.1) is 0 Å². The van der Waals surface area contributed by atoms with Crippen LogP contribution in [0.5, 0.6) is 17.2 Å². The number of methoxy groups -OCH3 is 2. The predicted molar refractivity (Wildman–Crippen MR) is 96.4 cm³/mol.